The topological polar surface area (TPSA) is 33.0 Å². The van der Waals surface area contributed by atoms with Gasteiger partial charge in [-0.2, -0.15) is 5.26 Å². The van der Waals surface area contributed by atoms with Gasteiger partial charge in [0.25, 0.3) is 0 Å². The lowest BCUT2D eigenvalue weighted by atomic mass is 10.1. The van der Waals surface area contributed by atoms with Crippen LogP contribution in [0.2, 0.25) is 0 Å². The van der Waals surface area contributed by atoms with Crippen LogP contribution in [0, 0.1) is 17.1 Å². The standard InChI is InChI=1S/C16H14FNO/c17-14-7-10-15(11-8-14)19-16(12-18)9-6-13-4-2-1-3-5-13/h1-5,7-8,10-11,16H,6,9H2. The fourth-order valence-electron chi connectivity index (χ4n) is 1.77. The minimum atomic E-state index is -0.523. The largest absolute Gasteiger partial charge is 0.476 e. The van der Waals surface area contributed by atoms with Crippen molar-refractivity contribution in [3.05, 3.63) is 66.0 Å². The number of rotatable bonds is 5. The van der Waals surface area contributed by atoms with Crippen LogP contribution in [0.15, 0.2) is 54.6 Å². The fraction of sp³-hybridized carbons (Fsp3) is 0.188. The Kier molecular flexibility index (Phi) is 4.52. The van der Waals surface area contributed by atoms with Gasteiger partial charge in [-0.25, -0.2) is 4.39 Å². The molecule has 0 bridgehead atoms. The van der Waals surface area contributed by atoms with Crippen LogP contribution >= 0.6 is 0 Å². The lowest BCUT2D eigenvalue weighted by Crippen LogP contribution is -2.15. The van der Waals surface area contributed by atoms with Crippen molar-refractivity contribution < 1.29 is 9.13 Å². The van der Waals surface area contributed by atoms with Gasteiger partial charge in [0.1, 0.15) is 17.6 Å². The van der Waals surface area contributed by atoms with Crippen LogP contribution in [0.1, 0.15) is 12.0 Å². The third-order valence-electron chi connectivity index (χ3n) is 2.77. The van der Waals surface area contributed by atoms with Crippen molar-refractivity contribution in [3.63, 3.8) is 0 Å². The van der Waals surface area contributed by atoms with E-state index in [0.29, 0.717) is 12.2 Å². The second kappa shape index (κ2) is 6.55. The van der Waals surface area contributed by atoms with Crippen LogP contribution in [0.5, 0.6) is 5.75 Å². The summed E-state index contributed by atoms with van der Waals surface area (Å²) < 4.78 is 18.3. The molecule has 0 saturated carbocycles. The van der Waals surface area contributed by atoms with Crippen molar-refractivity contribution in [3.8, 4) is 11.8 Å². The maximum atomic E-state index is 12.8. The van der Waals surface area contributed by atoms with E-state index in [9.17, 15) is 4.39 Å². The molecular formula is C16H14FNO. The third kappa shape index (κ3) is 4.11. The Labute approximate surface area is 112 Å². The quantitative estimate of drug-likeness (QED) is 0.815. The summed E-state index contributed by atoms with van der Waals surface area (Å²) in [7, 11) is 0. The van der Waals surface area contributed by atoms with Gasteiger partial charge < -0.3 is 4.74 Å². The number of hydrogen-bond acceptors (Lipinski definition) is 2. The summed E-state index contributed by atoms with van der Waals surface area (Å²) in [5.74, 6) is 0.200. The molecule has 0 radical (unpaired) electrons. The number of benzene rings is 2. The molecule has 0 aliphatic carbocycles. The number of nitriles is 1. The van der Waals surface area contributed by atoms with Gasteiger partial charge in [0.05, 0.1) is 0 Å². The highest BCUT2D eigenvalue weighted by Crippen LogP contribution is 2.15. The zero-order valence-electron chi connectivity index (χ0n) is 10.4. The minimum Gasteiger partial charge on any atom is -0.476 e. The average Bonchev–Trinajstić information content (AvgIpc) is 2.46. The molecule has 0 N–H and O–H groups in total. The first-order chi connectivity index (χ1) is 9.28. The van der Waals surface area contributed by atoms with E-state index in [2.05, 4.69) is 6.07 Å². The predicted octanol–water partition coefficient (Wildman–Crippen LogP) is 3.73. The number of halogens is 1. The molecule has 2 aromatic rings. The van der Waals surface area contributed by atoms with Gasteiger partial charge in [-0.15, -0.1) is 0 Å². The summed E-state index contributed by atoms with van der Waals surface area (Å²) in [4.78, 5) is 0. The van der Waals surface area contributed by atoms with Crippen LogP contribution in [0.3, 0.4) is 0 Å². The normalized spacial score (nSPS) is 11.6. The summed E-state index contributed by atoms with van der Waals surface area (Å²) in [6.07, 6.45) is 0.865. The number of nitrogens with zero attached hydrogens (tertiary/aromatic N) is 1. The molecule has 0 fully saturated rings. The molecule has 2 aromatic carbocycles. The molecule has 0 aliphatic rings. The maximum Gasteiger partial charge on any atom is 0.184 e. The van der Waals surface area contributed by atoms with Gasteiger partial charge in [0, 0.05) is 6.42 Å². The Morgan fingerprint density at radius 3 is 2.37 bits per heavy atom. The van der Waals surface area contributed by atoms with Crippen LogP contribution in [0.25, 0.3) is 0 Å². The van der Waals surface area contributed by atoms with E-state index in [1.807, 2.05) is 30.3 Å². The van der Waals surface area contributed by atoms with Gasteiger partial charge in [0.2, 0.25) is 0 Å². The molecule has 0 saturated heterocycles. The molecule has 96 valence electrons. The summed E-state index contributed by atoms with van der Waals surface area (Å²) in [5, 5.41) is 9.07. The molecule has 0 heterocycles. The van der Waals surface area contributed by atoms with E-state index >= 15 is 0 Å². The van der Waals surface area contributed by atoms with Crippen molar-refractivity contribution in [2.75, 3.05) is 0 Å². The first kappa shape index (κ1) is 13.1. The smallest absolute Gasteiger partial charge is 0.184 e. The summed E-state index contributed by atoms with van der Waals surface area (Å²) in [6.45, 7) is 0. The van der Waals surface area contributed by atoms with E-state index in [0.717, 1.165) is 6.42 Å². The molecule has 2 rings (SSSR count). The maximum absolute atomic E-state index is 12.8. The highest BCUT2D eigenvalue weighted by Gasteiger charge is 2.09. The van der Waals surface area contributed by atoms with E-state index in [-0.39, 0.29) is 5.82 Å². The lowest BCUT2D eigenvalue weighted by Gasteiger charge is -2.12. The average molecular weight is 255 g/mol. The van der Waals surface area contributed by atoms with E-state index in [1.165, 1.54) is 29.8 Å². The van der Waals surface area contributed by atoms with E-state index < -0.39 is 6.10 Å². The van der Waals surface area contributed by atoms with Crippen LogP contribution < -0.4 is 4.74 Å². The molecule has 2 nitrogen and oxygen atoms in total. The Bertz CT molecular complexity index is 545. The zero-order valence-corrected chi connectivity index (χ0v) is 10.4. The van der Waals surface area contributed by atoms with Crippen molar-refractivity contribution in [1.29, 1.82) is 5.26 Å². The Morgan fingerprint density at radius 2 is 1.74 bits per heavy atom. The minimum absolute atomic E-state index is 0.315. The van der Waals surface area contributed by atoms with Crippen LogP contribution in [-0.4, -0.2) is 6.10 Å². The molecule has 0 aromatic heterocycles. The highest BCUT2D eigenvalue weighted by molar-refractivity contribution is 5.23. The summed E-state index contributed by atoms with van der Waals surface area (Å²) in [6, 6.07) is 17.8. The van der Waals surface area contributed by atoms with Gasteiger partial charge in [-0.3, -0.25) is 0 Å². The van der Waals surface area contributed by atoms with Crippen molar-refractivity contribution in [2.24, 2.45) is 0 Å². The van der Waals surface area contributed by atoms with Gasteiger partial charge >= 0.3 is 0 Å². The summed E-state index contributed by atoms with van der Waals surface area (Å²) in [5.41, 5.74) is 1.17. The molecule has 1 atom stereocenters. The summed E-state index contributed by atoms with van der Waals surface area (Å²) >= 11 is 0. The van der Waals surface area contributed by atoms with E-state index in [4.69, 9.17) is 10.00 Å². The molecule has 0 spiro atoms. The first-order valence-corrected chi connectivity index (χ1v) is 6.13. The molecular weight excluding hydrogens is 241 g/mol. The highest BCUT2D eigenvalue weighted by atomic mass is 19.1. The molecule has 3 heteroatoms. The predicted molar refractivity (Wildman–Crippen MR) is 71.2 cm³/mol. The molecule has 19 heavy (non-hydrogen) atoms. The Hall–Kier alpha value is -2.34. The SMILES string of the molecule is N#CC(CCc1ccccc1)Oc1ccc(F)cc1. The second-order valence-electron chi connectivity index (χ2n) is 4.21. The van der Waals surface area contributed by atoms with Gasteiger partial charge in [-0.05, 0) is 36.2 Å². The van der Waals surface area contributed by atoms with E-state index in [1.54, 1.807) is 0 Å². The van der Waals surface area contributed by atoms with Crippen molar-refractivity contribution in [1.82, 2.24) is 0 Å². The molecule has 1 unspecified atom stereocenters. The second-order valence-corrected chi connectivity index (χ2v) is 4.21. The number of aryl methyl sites for hydroxylation is 1. The van der Waals surface area contributed by atoms with Crippen molar-refractivity contribution >= 4 is 0 Å². The van der Waals surface area contributed by atoms with Gasteiger partial charge in [0.15, 0.2) is 6.10 Å². The third-order valence-corrected chi connectivity index (χ3v) is 2.77. The number of hydrogen-bond donors (Lipinski definition) is 0. The lowest BCUT2D eigenvalue weighted by molar-refractivity contribution is 0.245. The Morgan fingerprint density at radius 1 is 1.05 bits per heavy atom. The van der Waals surface area contributed by atoms with Crippen LogP contribution in [-0.2, 0) is 6.42 Å². The monoisotopic (exact) mass is 255 g/mol. The number of ether oxygens (including phenoxy) is 1. The van der Waals surface area contributed by atoms with Crippen LogP contribution in [0.4, 0.5) is 4.39 Å². The fourth-order valence-corrected chi connectivity index (χ4v) is 1.77. The Balaban J connectivity index is 1.90. The molecule has 0 aliphatic heterocycles. The molecule has 0 amide bonds. The first-order valence-electron chi connectivity index (χ1n) is 6.13. The zero-order chi connectivity index (χ0) is 13.5. The van der Waals surface area contributed by atoms with Gasteiger partial charge in [-0.1, -0.05) is 30.3 Å². The van der Waals surface area contributed by atoms with Crippen molar-refractivity contribution in [2.45, 2.75) is 18.9 Å².